The van der Waals surface area contributed by atoms with E-state index in [2.05, 4.69) is 27.3 Å². The van der Waals surface area contributed by atoms with Gasteiger partial charge in [-0.1, -0.05) is 36.4 Å². The molecule has 0 aromatic carbocycles. The highest BCUT2D eigenvalue weighted by Gasteiger charge is 2.26. The molecule has 1 aliphatic rings. The van der Waals surface area contributed by atoms with Crippen molar-refractivity contribution >= 4 is 34.2 Å². The van der Waals surface area contributed by atoms with Gasteiger partial charge in [-0.2, -0.15) is 5.10 Å². The number of amides is 1. The lowest BCUT2D eigenvalue weighted by atomic mass is 10.1. The molecular weight excluding hydrogens is 364 g/mol. The molecule has 2 aromatic rings. The first kappa shape index (κ1) is 19.1. The summed E-state index contributed by atoms with van der Waals surface area (Å²) in [6.45, 7) is 7.20. The molecule has 2 aromatic heterocycles. The normalized spacial score (nSPS) is 18.1. The third-order valence-electron chi connectivity index (χ3n) is 4.52. The lowest BCUT2D eigenvalue weighted by Crippen LogP contribution is -2.32. The summed E-state index contributed by atoms with van der Waals surface area (Å²) in [7, 11) is 0. The van der Waals surface area contributed by atoms with Gasteiger partial charge in [0.2, 0.25) is 0 Å². The molecule has 27 heavy (non-hydrogen) atoms. The zero-order valence-electron chi connectivity index (χ0n) is 15.2. The van der Waals surface area contributed by atoms with Crippen LogP contribution >= 0.6 is 11.6 Å². The van der Waals surface area contributed by atoms with Gasteiger partial charge in [0.15, 0.2) is 5.69 Å². The highest BCUT2D eigenvalue weighted by atomic mass is 35.5. The molecule has 0 radical (unpaired) electrons. The number of nitrogens with two attached hydrogens (primary N) is 1. The summed E-state index contributed by atoms with van der Waals surface area (Å²) in [5, 5.41) is 11.7. The van der Waals surface area contributed by atoms with E-state index >= 15 is 0 Å². The highest BCUT2D eigenvalue weighted by Crippen LogP contribution is 2.33. The van der Waals surface area contributed by atoms with Crippen molar-refractivity contribution in [2.45, 2.75) is 25.8 Å². The van der Waals surface area contributed by atoms with Gasteiger partial charge in [-0.25, -0.2) is 4.98 Å². The zero-order valence-corrected chi connectivity index (χ0v) is 16.0. The quantitative estimate of drug-likeness (QED) is 0.686. The number of allylic oxidation sites excluding steroid dienone is 4. The van der Waals surface area contributed by atoms with Crippen LogP contribution in [0.4, 0.5) is 5.82 Å². The number of nitrogen functional groups attached to an aromatic ring is 1. The van der Waals surface area contributed by atoms with Crippen LogP contribution < -0.4 is 16.4 Å². The molecule has 8 heteroatoms. The van der Waals surface area contributed by atoms with E-state index in [-0.39, 0.29) is 23.5 Å². The summed E-state index contributed by atoms with van der Waals surface area (Å²) in [5.41, 5.74) is 7.59. The minimum atomic E-state index is -0.361. The standard InChI is InChI=1S/C19H23ClN6O/c1-3-5-7-12(4-2)24-19(27)16-15-17(14(20)11-23-18(15)21)26(25-16)13-8-6-9-22-10-13/h3-5,7,11,13,22H,1,6,8-10H2,2H3,(H2,21,23)(H,24,27)/b7-5-,12-4+/t13-/m1/s1. The fourth-order valence-corrected chi connectivity index (χ4v) is 3.43. The summed E-state index contributed by atoms with van der Waals surface area (Å²) in [4.78, 5) is 17.0. The summed E-state index contributed by atoms with van der Waals surface area (Å²) < 4.78 is 1.81. The number of nitrogens with one attached hydrogen (secondary N) is 2. The second-order valence-electron chi connectivity index (χ2n) is 6.30. The van der Waals surface area contributed by atoms with Crippen molar-refractivity contribution in [2.24, 2.45) is 0 Å². The van der Waals surface area contributed by atoms with E-state index in [1.807, 2.05) is 11.6 Å². The maximum Gasteiger partial charge on any atom is 0.276 e. The summed E-state index contributed by atoms with van der Waals surface area (Å²) in [6.07, 6.45) is 10.4. The van der Waals surface area contributed by atoms with Crippen molar-refractivity contribution in [1.29, 1.82) is 0 Å². The van der Waals surface area contributed by atoms with Gasteiger partial charge in [-0.15, -0.1) is 0 Å². The molecule has 1 amide bonds. The molecule has 3 rings (SSSR count). The molecule has 1 aliphatic heterocycles. The molecular formula is C19H23ClN6O. The van der Waals surface area contributed by atoms with Gasteiger partial charge in [0, 0.05) is 12.2 Å². The summed E-state index contributed by atoms with van der Waals surface area (Å²) >= 11 is 6.41. The van der Waals surface area contributed by atoms with E-state index in [4.69, 9.17) is 17.3 Å². The fourth-order valence-electron chi connectivity index (χ4n) is 3.20. The van der Waals surface area contributed by atoms with Crippen LogP contribution in [0, 0.1) is 0 Å². The Morgan fingerprint density at radius 2 is 2.37 bits per heavy atom. The Kier molecular flexibility index (Phi) is 5.93. The smallest absolute Gasteiger partial charge is 0.276 e. The van der Waals surface area contributed by atoms with Gasteiger partial charge in [-0.05, 0) is 32.4 Å². The van der Waals surface area contributed by atoms with Gasteiger partial charge >= 0.3 is 0 Å². The average Bonchev–Trinajstić information content (AvgIpc) is 3.10. The fraction of sp³-hybridized carbons (Fsp3) is 0.316. The van der Waals surface area contributed by atoms with E-state index in [1.165, 1.54) is 6.20 Å². The Balaban J connectivity index is 2.07. The molecule has 1 fully saturated rings. The Morgan fingerprint density at radius 1 is 1.56 bits per heavy atom. The maximum atomic E-state index is 12.9. The predicted molar refractivity (Wildman–Crippen MR) is 109 cm³/mol. The van der Waals surface area contributed by atoms with E-state index in [9.17, 15) is 4.79 Å². The van der Waals surface area contributed by atoms with E-state index in [0.717, 1.165) is 25.9 Å². The van der Waals surface area contributed by atoms with Gasteiger partial charge in [0.1, 0.15) is 5.82 Å². The monoisotopic (exact) mass is 386 g/mol. The van der Waals surface area contributed by atoms with Gasteiger partial charge in [0.25, 0.3) is 5.91 Å². The van der Waals surface area contributed by atoms with Crippen molar-refractivity contribution in [1.82, 2.24) is 25.4 Å². The number of anilines is 1. The van der Waals surface area contributed by atoms with Crippen LogP contribution in [0.25, 0.3) is 10.9 Å². The van der Waals surface area contributed by atoms with E-state index in [1.54, 1.807) is 24.3 Å². The summed E-state index contributed by atoms with van der Waals surface area (Å²) in [5.74, 6) is -0.127. The highest BCUT2D eigenvalue weighted by molar-refractivity contribution is 6.35. The Morgan fingerprint density at radius 3 is 3.04 bits per heavy atom. The minimum absolute atomic E-state index is 0.101. The molecule has 1 atom stereocenters. The molecule has 0 aliphatic carbocycles. The number of hydrogen-bond acceptors (Lipinski definition) is 5. The number of nitrogens with zero attached hydrogens (tertiary/aromatic N) is 3. The van der Waals surface area contributed by atoms with Crippen molar-refractivity contribution in [3.8, 4) is 0 Å². The zero-order chi connectivity index (χ0) is 19.4. The molecule has 4 N–H and O–H groups in total. The second-order valence-corrected chi connectivity index (χ2v) is 6.71. The lowest BCUT2D eigenvalue weighted by molar-refractivity contribution is 0.0962. The van der Waals surface area contributed by atoms with Crippen LogP contribution in [-0.2, 0) is 0 Å². The molecule has 0 saturated carbocycles. The van der Waals surface area contributed by atoms with Crippen LogP contribution in [0.2, 0.25) is 5.02 Å². The number of carbonyl (C=O) groups is 1. The number of halogens is 1. The topological polar surface area (TPSA) is 97.9 Å². The van der Waals surface area contributed by atoms with Crippen LogP contribution in [-0.4, -0.2) is 33.8 Å². The van der Waals surface area contributed by atoms with Crippen molar-refractivity contribution in [3.05, 3.63) is 53.5 Å². The average molecular weight is 387 g/mol. The van der Waals surface area contributed by atoms with E-state index in [0.29, 0.717) is 21.6 Å². The molecule has 0 bridgehead atoms. The van der Waals surface area contributed by atoms with E-state index < -0.39 is 0 Å². The number of piperidine rings is 1. The Labute approximate surface area is 163 Å². The number of fused-ring (bicyclic) bond motifs is 1. The molecule has 142 valence electrons. The van der Waals surface area contributed by atoms with Crippen molar-refractivity contribution in [2.75, 3.05) is 18.8 Å². The Hall–Kier alpha value is -2.64. The first-order valence-electron chi connectivity index (χ1n) is 8.86. The molecule has 1 saturated heterocycles. The van der Waals surface area contributed by atoms with Crippen molar-refractivity contribution in [3.63, 3.8) is 0 Å². The number of rotatable bonds is 5. The van der Waals surface area contributed by atoms with Crippen LogP contribution in [0.1, 0.15) is 36.3 Å². The van der Waals surface area contributed by atoms with Crippen molar-refractivity contribution < 1.29 is 4.79 Å². The molecule has 3 heterocycles. The first-order valence-corrected chi connectivity index (χ1v) is 9.24. The van der Waals surface area contributed by atoms with Gasteiger partial charge < -0.3 is 16.4 Å². The number of hydrogen-bond donors (Lipinski definition) is 3. The van der Waals surface area contributed by atoms with Crippen LogP contribution in [0.5, 0.6) is 0 Å². The van der Waals surface area contributed by atoms with Gasteiger partial charge in [0.05, 0.1) is 28.2 Å². The third-order valence-corrected chi connectivity index (χ3v) is 4.80. The number of aromatic nitrogens is 3. The third kappa shape index (κ3) is 3.89. The van der Waals surface area contributed by atoms with Crippen LogP contribution in [0.15, 0.2) is 42.8 Å². The SMILES string of the molecule is C=C/C=C\C(=C/C)NC(=O)c1nn([C@@H]2CCCNC2)c2c(Cl)cnc(N)c12. The molecule has 0 spiro atoms. The minimum Gasteiger partial charge on any atom is -0.383 e. The predicted octanol–water partition coefficient (Wildman–Crippen LogP) is 2.97. The largest absolute Gasteiger partial charge is 0.383 e. The molecule has 0 unspecified atom stereocenters. The first-order chi connectivity index (χ1) is 13.1. The van der Waals surface area contributed by atoms with Crippen LogP contribution in [0.3, 0.4) is 0 Å². The second kappa shape index (κ2) is 8.37. The lowest BCUT2D eigenvalue weighted by Gasteiger charge is -2.24. The van der Waals surface area contributed by atoms with Gasteiger partial charge in [-0.3, -0.25) is 9.48 Å². The number of pyridine rings is 1. The maximum absolute atomic E-state index is 12.9. The summed E-state index contributed by atoms with van der Waals surface area (Å²) in [6, 6.07) is 0.101. The Bertz CT molecular complexity index is 924. The molecule has 7 nitrogen and oxygen atoms in total. The number of carbonyl (C=O) groups excluding carboxylic acids is 1.